The van der Waals surface area contributed by atoms with E-state index in [1.54, 1.807) is 18.2 Å². The topological polar surface area (TPSA) is 26.4 Å². The van der Waals surface area contributed by atoms with Crippen molar-refractivity contribution in [3.63, 3.8) is 0 Å². The number of benzene rings is 2. The molecule has 1 radical (unpaired) electrons. The van der Waals surface area contributed by atoms with E-state index >= 15 is 0 Å². The predicted molar refractivity (Wildman–Crippen MR) is 90.5 cm³/mol. The summed E-state index contributed by atoms with van der Waals surface area (Å²) in [6, 6.07) is 11.0. The van der Waals surface area contributed by atoms with Gasteiger partial charge in [-0.05, 0) is 35.9 Å². The van der Waals surface area contributed by atoms with Crippen LogP contribution in [-0.2, 0) is 17.6 Å². The van der Waals surface area contributed by atoms with Crippen molar-refractivity contribution in [3.8, 4) is 5.75 Å². The SMILES string of the molecule is [O]c1ccc(N2CCN(Cc3cccc(C(F)(F)C(F)(F)F)c3)CC2)cc1. The van der Waals surface area contributed by atoms with Crippen LogP contribution in [0, 0.1) is 0 Å². The Bertz CT molecular complexity index is 768. The second-order valence-corrected chi connectivity index (χ2v) is 6.53. The van der Waals surface area contributed by atoms with Gasteiger partial charge in [0.1, 0.15) is 0 Å². The van der Waals surface area contributed by atoms with Crippen LogP contribution >= 0.6 is 0 Å². The maximum absolute atomic E-state index is 13.5. The van der Waals surface area contributed by atoms with E-state index in [9.17, 15) is 27.1 Å². The number of anilines is 1. The monoisotopic (exact) mass is 385 g/mol. The molecule has 8 heteroatoms. The molecule has 27 heavy (non-hydrogen) atoms. The number of rotatable bonds is 4. The highest BCUT2D eigenvalue weighted by Crippen LogP contribution is 2.43. The van der Waals surface area contributed by atoms with Gasteiger partial charge in [0.2, 0.25) is 0 Å². The van der Waals surface area contributed by atoms with Crippen LogP contribution in [-0.4, -0.2) is 37.3 Å². The summed E-state index contributed by atoms with van der Waals surface area (Å²) in [7, 11) is 0. The van der Waals surface area contributed by atoms with Crippen molar-refractivity contribution < 1.29 is 27.1 Å². The second kappa shape index (κ2) is 7.34. The first-order chi connectivity index (χ1) is 12.7. The molecule has 0 aromatic heterocycles. The third-order valence-corrected chi connectivity index (χ3v) is 4.63. The Morgan fingerprint density at radius 2 is 1.48 bits per heavy atom. The van der Waals surface area contributed by atoms with Crippen LogP contribution in [0.15, 0.2) is 48.5 Å². The third-order valence-electron chi connectivity index (χ3n) is 4.63. The molecule has 2 aromatic carbocycles. The zero-order chi connectivity index (χ0) is 19.7. The molecule has 1 aliphatic rings. The lowest BCUT2D eigenvalue weighted by Crippen LogP contribution is -2.46. The minimum atomic E-state index is -5.61. The lowest BCUT2D eigenvalue weighted by atomic mass is 10.0. The van der Waals surface area contributed by atoms with Crippen LogP contribution in [0.2, 0.25) is 0 Å². The van der Waals surface area contributed by atoms with Gasteiger partial charge in [0, 0.05) is 44.0 Å². The van der Waals surface area contributed by atoms with E-state index in [1.165, 1.54) is 18.2 Å². The van der Waals surface area contributed by atoms with E-state index in [2.05, 4.69) is 4.90 Å². The molecular formula is C19H18F5N2O. The molecule has 0 aliphatic carbocycles. The summed E-state index contributed by atoms with van der Waals surface area (Å²) in [5, 5.41) is 11.2. The summed E-state index contributed by atoms with van der Waals surface area (Å²) in [5.41, 5.74) is 0.311. The summed E-state index contributed by atoms with van der Waals surface area (Å²) in [5.74, 6) is -4.93. The molecule has 145 valence electrons. The molecule has 0 atom stereocenters. The first-order valence-corrected chi connectivity index (χ1v) is 8.45. The summed E-state index contributed by atoms with van der Waals surface area (Å²) in [6.45, 7) is 2.93. The number of hydrogen-bond acceptors (Lipinski definition) is 2. The molecule has 0 saturated carbocycles. The van der Waals surface area contributed by atoms with E-state index in [1.807, 2.05) is 4.90 Å². The smallest absolute Gasteiger partial charge is 0.369 e. The molecule has 1 saturated heterocycles. The van der Waals surface area contributed by atoms with Crippen LogP contribution in [0.4, 0.5) is 27.6 Å². The number of piperazine rings is 1. The van der Waals surface area contributed by atoms with Crippen molar-refractivity contribution in [2.75, 3.05) is 31.1 Å². The Balaban J connectivity index is 1.62. The van der Waals surface area contributed by atoms with Gasteiger partial charge in [0.25, 0.3) is 0 Å². The van der Waals surface area contributed by atoms with Crippen LogP contribution in [0.3, 0.4) is 0 Å². The van der Waals surface area contributed by atoms with Gasteiger partial charge in [-0.3, -0.25) is 10.0 Å². The molecule has 0 bridgehead atoms. The lowest BCUT2D eigenvalue weighted by Gasteiger charge is -2.36. The maximum atomic E-state index is 13.5. The Morgan fingerprint density at radius 1 is 0.852 bits per heavy atom. The highest BCUT2D eigenvalue weighted by Gasteiger charge is 2.58. The minimum Gasteiger partial charge on any atom is -0.369 e. The molecule has 0 amide bonds. The highest BCUT2D eigenvalue weighted by molar-refractivity contribution is 5.49. The standard InChI is InChI=1S/C19H18F5N2O/c20-18(21,19(22,23)24)15-3-1-2-14(12-15)13-25-8-10-26(11-9-25)16-4-6-17(27)7-5-16/h1-7,12H,8-11,13H2. The minimum absolute atomic E-state index is 0.0621. The summed E-state index contributed by atoms with van der Waals surface area (Å²) < 4.78 is 64.7. The van der Waals surface area contributed by atoms with Gasteiger partial charge in [0.15, 0.2) is 5.75 Å². The van der Waals surface area contributed by atoms with Gasteiger partial charge < -0.3 is 4.90 Å². The number of hydrogen-bond donors (Lipinski definition) is 0. The van der Waals surface area contributed by atoms with Crippen molar-refractivity contribution in [3.05, 3.63) is 59.7 Å². The fourth-order valence-corrected chi connectivity index (χ4v) is 3.11. The lowest BCUT2D eigenvalue weighted by molar-refractivity contribution is -0.289. The normalized spacial score (nSPS) is 16.6. The fraction of sp³-hybridized carbons (Fsp3) is 0.368. The predicted octanol–water partition coefficient (Wildman–Crippen LogP) is 4.81. The molecule has 3 rings (SSSR count). The summed E-state index contributed by atoms with van der Waals surface area (Å²) in [6.07, 6.45) is -5.61. The molecule has 2 aromatic rings. The first-order valence-electron chi connectivity index (χ1n) is 8.45. The van der Waals surface area contributed by atoms with Crippen molar-refractivity contribution in [2.45, 2.75) is 18.6 Å². The van der Waals surface area contributed by atoms with Crippen molar-refractivity contribution >= 4 is 5.69 Å². The summed E-state index contributed by atoms with van der Waals surface area (Å²) in [4.78, 5) is 4.10. The van der Waals surface area contributed by atoms with Gasteiger partial charge >= 0.3 is 12.1 Å². The van der Waals surface area contributed by atoms with Gasteiger partial charge in [0.05, 0.1) is 0 Å². The maximum Gasteiger partial charge on any atom is 0.458 e. The third kappa shape index (κ3) is 4.32. The average molecular weight is 385 g/mol. The van der Waals surface area contributed by atoms with Crippen molar-refractivity contribution in [1.82, 2.24) is 4.90 Å². The first kappa shape index (κ1) is 19.4. The Labute approximate surface area is 153 Å². The Kier molecular flexibility index (Phi) is 5.28. The van der Waals surface area contributed by atoms with Crippen LogP contribution in [0.1, 0.15) is 11.1 Å². The average Bonchev–Trinajstić information content (AvgIpc) is 2.62. The molecule has 0 unspecified atom stereocenters. The van der Waals surface area contributed by atoms with E-state index in [-0.39, 0.29) is 5.75 Å². The Morgan fingerprint density at radius 3 is 2.07 bits per heavy atom. The molecule has 1 aliphatic heterocycles. The van der Waals surface area contributed by atoms with Crippen LogP contribution in [0.25, 0.3) is 0 Å². The molecule has 3 nitrogen and oxygen atoms in total. The molecule has 0 spiro atoms. The molecule has 1 fully saturated rings. The number of halogens is 5. The van der Waals surface area contributed by atoms with Gasteiger partial charge in [-0.15, -0.1) is 0 Å². The molecular weight excluding hydrogens is 367 g/mol. The van der Waals surface area contributed by atoms with E-state index in [0.717, 1.165) is 17.8 Å². The van der Waals surface area contributed by atoms with E-state index in [4.69, 9.17) is 0 Å². The van der Waals surface area contributed by atoms with Gasteiger partial charge in [-0.1, -0.05) is 18.2 Å². The fourth-order valence-electron chi connectivity index (χ4n) is 3.11. The summed E-state index contributed by atoms with van der Waals surface area (Å²) >= 11 is 0. The second-order valence-electron chi connectivity index (χ2n) is 6.53. The van der Waals surface area contributed by atoms with Crippen molar-refractivity contribution in [1.29, 1.82) is 0 Å². The number of alkyl halides is 5. The molecule has 1 heterocycles. The largest absolute Gasteiger partial charge is 0.458 e. The van der Waals surface area contributed by atoms with E-state index < -0.39 is 17.7 Å². The van der Waals surface area contributed by atoms with Crippen LogP contribution < -0.4 is 4.90 Å². The zero-order valence-electron chi connectivity index (χ0n) is 14.3. The Hall–Kier alpha value is -2.35. The highest BCUT2D eigenvalue weighted by atomic mass is 19.4. The number of nitrogens with zero attached hydrogens (tertiary/aromatic N) is 2. The van der Waals surface area contributed by atoms with Gasteiger partial charge in [-0.2, -0.15) is 22.0 Å². The van der Waals surface area contributed by atoms with E-state index in [0.29, 0.717) is 38.3 Å². The van der Waals surface area contributed by atoms with Crippen molar-refractivity contribution in [2.24, 2.45) is 0 Å². The molecule has 0 N–H and O–H groups in total. The quantitative estimate of drug-likeness (QED) is 0.707. The van der Waals surface area contributed by atoms with Crippen LogP contribution in [0.5, 0.6) is 5.75 Å². The zero-order valence-corrected chi connectivity index (χ0v) is 14.3. The van der Waals surface area contributed by atoms with Gasteiger partial charge in [-0.25, -0.2) is 0 Å².